The molecule has 0 bridgehead atoms. The number of hydrogen-bond acceptors (Lipinski definition) is 2. The fourth-order valence-corrected chi connectivity index (χ4v) is 0.482. The Kier molecular flexibility index (Phi) is 7.52. The van der Waals surface area contributed by atoms with Crippen LogP contribution in [0.3, 0.4) is 0 Å². The van der Waals surface area contributed by atoms with E-state index in [1.165, 1.54) is 0 Å². The maximum Gasteiger partial charge on any atom is 0.102 e. The smallest absolute Gasteiger partial charge is 0.102 e. The average Bonchev–Trinajstić information content (AvgIpc) is 1.81. The molecule has 0 saturated carbocycles. The molecular weight excluding hydrogens is 124 g/mol. The fraction of sp³-hybridized carbons (Fsp3) is 1.00. The summed E-state index contributed by atoms with van der Waals surface area (Å²) in [6.07, 6.45) is 0.938. The standard InChI is InChI=1S/C5H11O2S/c1-6-3-2-4-7-5-8/h2-5H2,1H3. The zero-order valence-corrected chi connectivity index (χ0v) is 5.87. The molecule has 0 amide bonds. The van der Waals surface area contributed by atoms with Crippen molar-refractivity contribution >= 4 is 12.6 Å². The largest absolute Gasteiger partial charge is 0.385 e. The molecule has 0 spiro atoms. The van der Waals surface area contributed by atoms with Crippen molar-refractivity contribution in [3.63, 3.8) is 0 Å². The second kappa shape index (κ2) is 7.27. The van der Waals surface area contributed by atoms with Gasteiger partial charge < -0.3 is 9.47 Å². The van der Waals surface area contributed by atoms with E-state index in [4.69, 9.17) is 9.47 Å². The van der Waals surface area contributed by atoms with Crippen molar-refractivity contribution in [3.8, 4) is 0 Å². The predicted octanol–water partition coefficient (Wildman–Crippen LogP) is 1.19. The molecule has 0 aliphatic heterocycles. The lowest BCUT2D eigenvalue weighted by molar-refractivity contribution is 0.131. The first kappa shape index (κ1) is 8.27. The van der Waals surface area contributed by atoms with Crippen molar-refractivity contribution in [3.05, 3.63) is 0 Å². The Morgan fingerprint density at radius 3 is 2.62 bits per heavy atom. The van der Waals surface area contributed by atoms with Crippen molar-refractivity contribution in [2.45, 2.75) is 6.42 Å². The SMILES string of the molecule is COCCCOC[S]. The van der Waals surface area contributed by atoms with Gasteiger partial charge in [-0.3, -0.25) is 0 Å². The summed E-state index contributed by atoms with van der Waals surface area (Å²) in [6.45, 7) is 1.48. The molecule has 0 fully saturated rings. The lowest BCUT2D eigenvalue weighted by Crippen LogP contribution is -1.96. The van der Waals surface area contributed by atoms with Crippen molar-refractivity contribution in [1.82, 2.24) is 0 Å². The van der Waals surface area contributed by atoms with Crippen LogP contribution in [0.5, 0.6) is 0 Å². The van der Waals surface area contributed by atoms with E-state index in [1.807, 2.05) is 0 Å². The molecule has 0 aliphatic carbocycles. The van der Waals surface area contributed by atoms with Gasteiger partial charge in [0, 0.05) is 20.3 Å². The average molecular weight is 135 g/mol. The first-order valence-electron chi connectivity index (χ1n) is 2.56. The molecule has 0 aliphatic rings. The van der Waals surface area contributed by atoms with E-state index >= 15 is 0 Å². The summed E-state index contributed by atoms with van der Waals surface area (Å²) >= 11 is 4.54. The molecule has 2 nitrogen and oxygen atoms in total. The molecule has 0 saturated heterocycles. The van der Waals surface area contributed by atoms with Gasteiger partial charge in [-0.15, -0.1) is 0 Å². The molecule has 3 heteroatoms. The third kappa shape index (κ3) is 6.27. The maximum absolute atomic E-state index is 4.87. The number of rotatable bonds is 5. The minimum absolute atomic E-state index is 0.393. The monoisotopic (exact) mass is 135 g/mol. The van der Waals surface area contributed by atoms with Gasteiger partial charge >= 0.3 is 0 Å². The van der Waals surface area contributed by atoms with Gasteiger partial charge in [0.05, 0.1) is 0 Å². The molecule has 1 radical (unpaired) electrons. The quantitative estimate of drug-likeness (QED) is 0.527. The molecular formula is C5H11O2S. The second-order valence-electron chi connectivity index (χ2n) is 1.37. The molecule has 49 valence electrons. The van der Waals surface area contributed by atoms with Crippen LogP contribution in [-0.4, -0.2) is 26.3 Å². The van der Waals surface area contributed by atoms with Gasteiger partial charge in [0.2, 0.25) is 0 Å². The van der Waals surface area contributed by atoms with Crippen molar-refractivity contribution in [2.75, 3.05) is 26.3 Å². The molecule has 0 heterocycles. The van der Waals surface area contributed by atoms with Crippen LogP contribution in [0.1, 0.15) is 6.42 Å². The maximum atomic E-state index is 4.87. The van der Waals surface area contributed by atoms with E-state index in [-0.39, 0.29) is 0 Å². The topological polar surface area (TPSA) is 18.5 Å². The minimum Gasteiger partial charge on any atom is -0.385 e. The number of ether oxygens (including phenoxy) is 2. The third-order valence-electron chi connectivity index (χ3n) is 0.720. The first-order valence-corrected chi connectivity index (χ1v) is 3.14. The van der Waals surface area contributed by atoms with Crippen molar-refractivity contribution in [1.29, 1.82) is 0 Å². The Balaban J connectivity index is 2.53. The summed E-state index contributed by atoms with van der Waals surface area (Å²) in [6, 6.07) is 0. The van der Waals surface area contributed by atoms with E-state index in [0.717, 1.165) is 19.6 Å². The van der Waals surface area contributed by atoms with Crippen LogP contribution in [-0.2, 0) is 9.47 Å². The van der Waals surface area contributed by atoms with E-state index in [1.54, 1.807) is 7.11 Å². The zero-order valence-electron chi connectivity index (χ0n) is 5.05. The number of hydrogen-bond donors (Lipinski definition) is 0. The fourth-order valence-electron chi connectivity index (χ4n) is 0.364. The van der Waals surface area contributed by atoms with E-state index < -0.39 is 0 Å². The summed E-state index contributed by atoms with van der Waals surface area (Å²) in [5.74, 6) is 0.393. The summed E-state index contributed by atoms with van der Waals surface area (Å²) in [4.78, 5) is 0. The highest BCUT2D eigenvalue weighted by Crippen LogP contribution is 1.83. The number of methoxy groups -OCH3 is 1. The van der Waals surface area contributed by atoms with Crippen LogP contribution >= 0.6 is 12.6 Å². The molecule has 0 N–H and O–H groups in total. The van der Waals surface area contributed by atoms with Gasteiger partial charge in [0.25, 0.3) is 0 Å². The van der Waals surface area contributed by atoms with E-state index in [0.29, 0.717) is 5.94 Å². The van der Waals surface area contributed by atoms with Crippen molar-refractivity contribution in [2.24, 2.45) is 0 Å². The van der Waals surface area contributed by atoms with Gasteiger partial charge in [0.1, 0.15) is 5.94 Å². The Hall–Kier alpha value is 0.270. The highest BCUT2D eigenvalue weighted by molar-refractivity contribution is 7.80. The summed E-state index contributed by atoms with van der Waals surface area (Å²) in [5.41, 5.74) is 0. The molecule has 8 heavy (non-hydrogen) atoms. The molecule has 0 aromatic carbocycles. The van der Waals surface area contributed by atoms with Gasteiger partial charge in [-0.2, -0.15) is 0 Å². The third-order valence-corrected chi connectivity index (χ3v) is 0.887. The Bertz CT molecular complexity index is 35.4. The Labute approximate surface area is 55.6 Å². The van der Waals surface area contributed by atoms with Gasteiger partial charge in [-0.1, -0.05) is 12.6 Å². The Morgan fingerprint density at radius 1 is 1.38 bits per heavy atom. The van der Waals surface area contributed by atoms with E-state index in [9.17, 15) is 0 Å². The first-order chi connectivity index (χ1) is 3.91. The zero-order chi connectivity index (χ0) is 6.24. The van der Waals surface area contributed by atoms with Crippen LogP contribution < -0.4 is 0 Å². The van der Waals surface area contributed by atoms with Crippen LogP contribution in [0.25, 0.3) is 0 Å². The predicted molar refractivity (Wildman–Crippen MR) is 34.9 cm³/mol. The van der Waals surface area contributed by atoms with Crippen LogP contribution in [0.2, 0.25) is 0 Å². The molecule has 0 atom stereocenters. The minimum atomic E-state index is 0.393. The summed E-state index contributed by atoms with van der Waals surface area (Å²) in [7, 11) is 1.67. The lowest BCUT2D eigenvalue weighted by atomic mass is 10.5. The lowest BCUT2D eigenvalue weighted by Gasteiger charge is -1.96. The summed E-state index contributed by atoms with van der Waals surface area (Å²) in [5, 5.41) is 0. The highest BCUT2D eigenvalue weighted by atomic mass is 32.1. The second-order valence-corrected chi connectivity index (χ2v) is 1.61. The van der Waals surface area contributed by atoms with Crippen LogP contribution in [0.4, 0.5) is 0 Å². The molecule has 0 unspecified atom stereocenters. The molecule has 0 aromatic heterocycles. The van der Waals surface area contributed by atoms with Gasteiger partial charge in [-0.05, 0) is 6.42 Å². The normalized spacial score (nSPS) is 9.75. The van der Waals surface area contributed by atoms with Gasteiger partial charge in [0.15, 0.2) is 0 Å². The molecule has 0 aromatic rings. The summed E-state index contributed by atoms with van der Waals surface area (Å²) < 4.78 is 9.64. The Morgan fingerprint density at radius 2 is 2.12 bits per heavy atom. The van der Waals surface area contributed by atoms with Crippen molar-refractivity contribution < 1.29 is 9.47 Å². The van der Waals surface area contributed by atoms with Crippen LogP contribution in [0, 0.1) is 0 Å². The highest BCUT2D eigenvalue weighted by Gasteiger charge is 1.83. The van der Waals surface area contributed by atoms with E-state index in [2.05, 4.69) is 12.6 Å². The van der Waals surface area contributed by atoms with Gasteiger partial charge in [-0.25, -0.2) is 0 Å². The molecule has 0 rings (SSSR count). The van der Waals surface area contributed by atoms with Crippen LogP contribution in [0.15, 0.2) is 0 Å².